The highest BCUT2D eigenvalue weighted by Crippen LogP contribution is 2.20. The molecular weight excluding hydrogens is 318 g/mol. The molecule has 1 aromatic heterocycles. The molecular formula is C15H15N3O6. The van der Waals surface area contributed by atoms with Crippen LogP contribution >= 0.6 is 0 Å². The summed E-state index contributed by atoms with van der Waals surface area (Å²) in [4.78, 5) is 33.8. The Morgan fingerprint density at radius 2 is 2.17 bits per heavy atom. The summed E-state index contributed by atoms with van der Waals surface area (Å²) in [7, 11) is 0. The Bertz CT molecular complexity index is 757. The number of hydrogen-bond acceptors (Lipinski definition) is 7. The Balaban J connectivity index is 1.94. The molecule has 0 fully saturated rings. The highest BCUT2D eigenvalue weighted by Gasteiger charge is 2.18. The first-order chi connectivity index (χ1) is 11.4. The lowest BCUT2D eigenvalue weighted by atomic mass is 10.1. The first kappa shape index (κ1) is 17.0. The molecule has 0 unspecified atom stereocenters. The number of rotatable bonds is 6. The van der Waals surface area contributed by atoms with Crippen molar-refractivity contribution in [2.45, 2.75) is 13.0 Å². The normalized spacial score (nSPS) is 11.5. The van der Waals surface area contributed by atoms with E-state index in [9.17, 15) is 19.7 Å². The fraction of sp³-hybridized carbons (Fsp3) is 0.200. The topological polar surface area (TPSA) is 138 Å². The van der Waals surface area contributed by atoms with Crippen molar-refractivity contribution >= 4 is 23.3 Å². The van der Waals surface area contributed by atoms with Crippen LogP contribution in [0.3, 0.4) is 0 Å². The standard InChI is InChI=1S/C15H15N3O6/c1-9(13-3-2-6-23-13)17-14(19)8-24-15(20)11-7-10(18(21)22)4-5-12(11)16/h2-7,9H,8,16H2,1H3,(H,17,19)/t9-/m0/s1. The monoisotopic (exact) mass is 333 g/mol. The van der Waals surface area contributed by atoms with Gasteiger partial charge in [-0.3, -0.25) is 14.9 Å². The van der Waals surface area contributed by atoms with E-state index in [1.807, 2.05) is 0 Å². The van der Waals surface area contributed by atoms with E-state index in [0.29, 0.717) is 5.76 Å². The van der Waals surface area contributed by atoms with Crippen LogP contribution in [0.1, 0.15) is 29.1 Å². The van der Waals surface area contributed by atoms with Gasteiger partial charge in [0.25, 0.3) is 11.6 Å². The molecule has 0 saturated heterocycles. The minimum Gasteiger partial charge on any atom is -0.467 e. The second-order valence-electron chi connectivity index (χ2n) is 4.91. The summed E-state index contributed by atoms with van der Waals surface area (Å²) in [5.74, 6) is -0.911. The molecule has 1 heterocycles. The zero-order valence-corrected chi connectivity index (χ0v) is 12.7. The van der Waals surface area contributed by atoms with Crippen LogP contribution in [0.4, 0.5) is 11.4 Å². The number of nitrogens with one attached hydrogen (secondary N) is 1. The number of benzene rings is 1. The maximum Gasteiger partial charge on any atom is 0.341 e. The minimum absolute atomic E-state index is 0.0231. The number of carbonyl (C=O) groups is 2. The fourth-order valence-electron chi connectivity index (χ4n) is 1.94. The van der Waals surface area contributed by atoms with E-state index in [1.165, 1.54) is 18.4 Å². The summed E-state index contributed by atoms with van der Waals surface area (Å²) in [6.45, 7) is 1.16. The van der Waals surface area contributed by atoms with Crippen molar-refractivity contribution < 1.29 is 23.7 Å². The first-order valence-corrected chi connectivity index (χ1v) is 6.92. The van der Waals surface area contributed by atoms with Crippen LogP contribution in [-0.2, 0) is 9.53 Å². The number of nitrogens with two attached hydrogens (primary N) is 1. The summed E-state index contributed by atoms with van der Waals surface area (Å²) in [6.07, 6.45) is 1.48. The number of esters is 1. The molecule has 2 rings (SSSR count). The second kappa shape index (κ2) is 7.27. The molecule has 126 valence electrons. The SMILES string of the molecule is C[C@H](NC(=O)COC(=O)c1cc([N+](=O)[O-])ccc1N)c1ccco1. The van der Waals surface area contributed by atoms with E-state index in [2.05, 4.69) is 5.32 Å². The molecule has 0 aliphatic heterocycles. The van der Waals surface area contributed by atoms with E-state index in [1.54, 1.807) is 19.1 Å². The minimum atomic E-state index is -0.919. The van der Waals surface area contributed by atoms with Crippen molar-refractivity contribution in [2.24, 2.45) is 0 Å². The number of hydrogen-bond donors (Lipinski definition) is 2. The maximum atomic E-state index is 11.9. The van der Waals surface area contributed by atoms with Gasteiger partial charge in [0.1, 0.15) is 5.76 Å². The van der Waals surface area contributed by atoms with Crippen LogP contribution in [0.5, 0.6) is 0 Å². The predicted octanol–water partition coefficient (Wildman–Crippen LogP) is 1.80. The van der Waals surface area contributed by atoms with Crippen molar-refractivity contribution in [3.8, 4) is 0 Å². The fourth-order valence-corrected chi connectivity index (χ4v) is 1.94. The van der Waals surface area contributed by atoms with E-state index < -0.39 is 29.4 Å². The van der Waals surface area contributed by atoms with Gasteiger partial charge in [0.15, 0.2) is 6.61 Å². The van der Waals surface area contributed by atoms with Gasteiger partial charge in [-0.25, -0.2) is 4.79 Å². The predicted molar refractivity (Wildman–Crippen MR) is 83.1 cm³/mol. The Labute approximate surface area is 136 Å². The molecule has 0 radical (unpaired) electrons. The number of ether oxygens (including phenoxy) is 1. The molecule has 0 aliphatic carbocycles. The zero-order valence-electron chi connectivity index (χ0n) is 12.7. The highest BCUT2D eigenvalue weighted by atomic mass is 16.6. The average molecular weight is 333 g/mol. The van der Waals surface area contributed by atoms with Gasteiger partial charge in [0, 0.05) is 17.8 Å². The average Bonchev–Trinajstić information content (AvgIpc) is 3.07. The van der Waals surface area contributed by atoms with Gasteiger partial charge in [-0.1, -0.05) is 0 Å². The number of nitro groups is 1. The number of amides is 1. The molecule has 9 nitrogen and oxygen atoms in total. The Morgan fingerprint density at radius 1 is 1.42 bits per heavy atom. The molecule has 24 heavy (non-hydrogen) atoms. The summed E-state index contributed by atoms with van der Waals surface area (Å²) in [5, 5.41) is 13.3. The van der Waals surface area contributed by atoms with Gasteiger partial charge in [-0.2, -0.15) is 0 Å². The van der Waals surface area contributed by atoms with Crippen LogP contribution in [0.25, 0.3) is 0 Å². The van der Waals surface area contributed by atoms with Crippen molar-refractivity contribution in [2.75, 3.05) is 12.3 Å². The van der Waals surface area contributed by atoms with Crippen molar-refractivity contribution in [3.63, 3.8) is 0 Å². The van der Waals surface area contributed by atoms with Gasteiger partial charge in [0.2, 0.25) is 0 Å². The van der Waals surface area contributed by atoms with Crippen LogP contribution in [-0.4, -0.2) is 23.4 Å². The van der Waals surface area contributed by atoms with Crippen LogP contribution < -0.4 is 11.1 Å². The molecule has 1 aromatic carbocycles. The second-order valence-corrected chi connectivity index (χ2v) is 4.91. The smallest absolute Gasteiger partial charge is 0.341 e. The third kappa shape index (κ3) is 4.09. The summed E-state index contributed by atoms with van der Waals surface area (Å²) < 4.78 is 9.98. The molecule has 0 spiro atoms. The number of nitro benzene ring substituents is 1. The molecule has 9 heteroatoms. The summed E-state index contributed by atoms with van der Waals surface area (Å²) in [6, 6.07) is 6.39. The molecule has 0 aliphatic rings. The molecule has 0 bridgehead atoms. The van der Waals surface area contributed by atoms with Crippen molar-refractivity contribution in [1.29, 1.82) is 0 Å². The summed E-state index contributed by atoms with van der Waals surface area (Å²) in [5.41, 5.74) is 5.16. The zero-order chi connectivity index (χ0) is 17.7. The van der Waals surface area contributed by atoms with E-state index >= 15 is 0 Å². The Kier molecular flexibility index (Phi) is 5.15. The quantitative estimate of drug-likeness (QED) is 0.356. The number of anilines is 1. The molecule has 0 saturated carbocycles. The lowest BCUT2D eigenvalue weighted by Crippen LogP contribution is -2.31. The molecule has 3 N–H and O–H groups in total. The number of carbonyl (C=O) groups excluding carboxylic acids is 2. The molecule has 1 amide bonds. The van der Waals surface area contributed by atoms with Crippen molar-refractivity contribution in [1.82, 2.24) is 5.32 Å². The highest BCUT2D eigenvalue weighted by molar-refractivity contribution is 5.97. The maximum absolute atomic E-state index is 11.9. The van der Waals surface area contributed by atoms with Crippen LogP contribution in [0.15, 0.2) is 41.0 Å². The number of furan rings is 1. The van der Waals surface area contributed by atoms with Crippen LogP contribution in [0.2, 0.25) is 0 Å². The van der Waals surface area contributed by atoms with Gasteiger partial charge in [-0.05, 0) is 25.1 Å². The molecule has 1 atom stereocenters. The lowest BCUT2D eigenvalue weighted by molar-refractivity contribution is -0.384. The Morgan fingerprint density at radius 3 is 2.79 bits per heavy atom. The van der Waals surface area contributed by atoms with E-state index in [-0.39, 0.29) is 16.9 Å². The Hall–Kier alpha value is -3.36. The van der Waals surface area contributed by atoms with Gasteiger partial charge in [-0.15, -0.1) is 0 Å². The number of non-ortho nitro benzene ring substituents is 1. The number of nitrogens with zero attached hydrogens (tertiary/aromatic N) is 1. The van der Waals surface area contributed by atoms with Gasteiger partial charge in [0.05, 0.1) is 22.8 Å². The third-order valence-electron chi connectivity index (χ3n) is 3.15. The molecule has 2 aromatic rings. The third-order valence-corrected chi connectivity index (χ3v) is 3.15. The van der Waals surface area contributed by atoms with Crippen molar-refractivity contribution in [3.05, 3.63) is 58.0 Å². The lowest BCUT2D eigenvalue weighted by Gasteiger charge is -2.12. The van der Waals surface area contributed by atoms with E-state index in [4.69, 9.17) is 14.9 Å². The summed E-state index contributed by atoms with van der Waals surface area (Å²) >= 11 is 0. The number of nitrogen functional groups attached to an aromatic ring is 1. The van der Waals surface area contributed by atoms with Gasteiger partial charge >= 0.3 is 5.97 Å². The van der Waals surface area contributed by atoms with Gasteiger partial charge < -0.3 is 20.2 Å². The van der Waals surface area contributed by atoms with E-state index in [0.717, 1.165) is 6.07 Å². The van der Waals surface area contributed by atoms with Crippen LogP contribution in [0, 0.1) is 10.1 Å². The largest absolute Gasteiger partial charge is 0.467 e. The first-order valence-electron chi connectivity index (χ1n) is 6.92.